The highest BCUT2D eigenvalue weighted by Crippen LogP contribution is 2.25. The first-order valence-corrected chi connectivity index (χ1v) is 9.21. The van der Waals surface area contributed by atoms with Crippen molar-refractivity contribution in [2.45, 2.75) is 33.6 Å². The Morgan fingerprint density at radius 3 is 2.19 bits per heavy atom. The zero-order valence-electron chi connectivity index (χ0n) is 15.7. The maximum Gasteiger partial charge on any atom is 0.313 e. The molecule has 1 aromatic carbocycles. The van der Waals surface area contributed by atoms with Gasteiger partial charge < -0.3 is 10.1 Å². The highest BCUT2D eigenvalue weighted by Gasteiger charge is 2.20. The molecule has 0 radical (unpaired) electrons. The van der Waals surface area contributed by atoms with Gasteiger partial charge in [-0.3, -0.25) is 14.6 Å². The van der Waals surface area contributed by atoms with Crippen LogP contribution in [-0.4, -0.2) is 23.5 Å². The molecule has 0 aliphatic rings. The van der Waals surface area contributed by atoms with Gasteiger partial charge in [0.25, 0.3) is 5.91 Å². The molecule has 0 spiro atoms. The number of benzene rings is 1. The summed E-state index contributed by atoms with van der Waals surface area (Å²) in [6, 6.07) is 6.97. The molecule has 1 atom stereocenters. The van der Waals surface area contributed by atoms with E-state index in [-0.39, 0.29) is 27.0 Å². The topological polar surface area (TPSA) is 68.3 Å². The molecule has 0 fully saturated rings. The maximum absolute atomic E-state index is 12.4. The Bertz CT molecular complexity index is 810. The number of pyridine rings is 1. The van der Waals surface area contributed by atoms with Crippen LogP contribution in [0.3, 0.4) is 0 Å². The third-order valence-corrected chi connectivity index (χ3v) is 4.32. The van der Waals surface area contributed by atoms with Gasteiger partial charge in [-0.1, -0.05) is 56.1 Å². The van der Waals surface area contributed by atoms with E-state index in [1.165, 1.54) is 12.4 Å². The first-order chi connectivity index (χ1) is 12.6. The molecule has 0 saturated heterocycles. The van der Waals surface area contributed by atoms with E-state index in [0.717, 1.165) is 5.56 Å². The van der Waals surface area contributed by atoms with Gasteiger partial charge in [0.2, 0.25) is 0 Å². The molecule has 0 bridgehead atoms. The first-order valence-electron chi connectivity index (χ1n) is 8.45. The van der Waals surface area contributed by atoms with E-state index in [9.17, 15) is 9.59 Å². The van der Waals surface area contributed by atoms with Crippen molar-refractivity contribution in [3.05, 3.63) is 57.8 Å². The van der Waals surface area contributed by atoms with E-state index in [1.807, 2.05) is 20.8 Å². The quantitative estimate of drug-likeness (QED) is 0.678. The van der Waals surface area contributed by atoms with Crippen LogP contribution < -0.4 is 5.32 Å². The van der Waals surface area contributed by atoms with E-state index in [0.29, 0.717) is 12.3 Å². The van der Waals surface area contributed by atoms with Crippen molar-refractivity contribution in [2.75, 3.05) is 11.9 Å². The standard InChI is InChI=1S/C20H22Cl2N2O3/c1-12(19(26)27-11-20(2,3)4)13-5-7-14(8-6-13)24-18(25)17-15(21)9-23-10-16(17)22/h5-10,12H,11H2,1-4H3,(H,24,25). The lowest BCUT2D eigenvalue weighted by molar-refractivity contribution is -0.147. The predicted octanol–water partition coefficient (Wildman–Crippen LogP) is 5.33. The third kappa shape index (κ3) is 5.94. The van der Waals surface area contributed by atoms with Gasteiger partial charge in [-0.15, -0.1) is 0 Å². The fourth-order valence-electron chi connectivity index (χ4n) is 2.23. The largest absolute Gasteiger partial charge is 0.465 e. The molecular formula is C20H22Cl2N2O3. The van der Waals surface area contributed by atoms with Crippen LogP contribution in [0, 0.1) is 5.41 Å². The summed E-state index contributed by atoms with van der Waals surface area (Å²) in [4.78, 5) is 28.4. The Morgan fingerprint density at radius 2 is 1.67 bits per heavy atom. The van der Waals surface area contributed by atoms with Crippen molar-refractivity contribution in [3.8, 4) is 0 Å². The SMILES string of the molecule is CC(C(=O)OCC(C)(C)C)c1ccc(NC(=O)c2c(Cl)cncc2Cl)cc1. The van der Waals surface area contributed by atoms with Crippen LogP contribution in [-0.2, 0) is 9.53 Å². The summed E-state index contributed by atoms with van der Waals surface area (Å²) in [7, 11) is 0. The summed E-state index contributed by atoms with van der Waals surface area (Å²) in [5, 5.41) is 3.07. The molecule has 0 aliphatic carbocycles. The van der Waals surface area contributed by atoms with Crippen molar-refractivity contribution in [3.63, 3.8) is 0 Å². The molecule has 0 aliphatic heterocycles. The second kappa shape index (κ2) is 8.72. The van der Waals surface area contributed by atoms with Crippen LogP contribution in [0.2, 0.25) is 10.0 Å². The predicted molar refractivity (Wildman–Crippen MR) is 107 cm³/mol. The number of rotatable bonds is 5. The Hall–Kier alpha value is -2.11. The minimum Gasteiger partial charge on any atom is -0.465 e. The van der Waals surface area contributed by atoms with Crippen LogP contribution in [0.1, 0.15) is 49.5 Å². The summed E-state index contributed by atoms with van der Waals surface area (Å²) in [6.07, 6.45) is 2.71. The van der Waals surface area contributed by atoms with Gasteiger partial charge in [-0.05, 0) is 30.0 Å². The Kier molecular flexibility index (Phi) is 6.84. The fraction of sp³-hybridized carbons (Fsp3) is 0.350. The Balaban J connectivity index is 2.04. The summed E-state index contributed by atoms with van der Waals surface area (Å²) in [5.41, 5.74) is 1.44. The van der Waals surface area contributed by atoms with Gasteiger partial charge in [-0.25, -0.2) is 0 Å². The molecule has 7 heteroatoms. The molecule has 0 saturated carbocycles. The van der Waals surface area contributed by atoms with Crippen molar-refractivity contribution in [1.82, 2.24) is 4.98 Å². The first kappa shape index (κ1) is 21.2. The Morgan fingerprint density at radius 1 is 1.11 bits per heavy atom. The summed E-state index contributed by atoms with van der Waals surface area (Å²) < 4.78 is 5.36. The van der Waals surface area contributed by atoms with Crippen LogP contribution >= 0.6 is 23.2 Å². The number of hydrogen-bond acceptors (Lipinski definition) is 4. The lowest BCUT2D eigenvalue weighted by Gasteiger charge is -2.20. The van der Waals surface area contributed by atoms with E-state index < -0.39 is 11.8 Å². The number of nitrogens with zero attached hydrogens (tertiary/aromatic N) is 1. The van der Waals surface area contributed by atoms with Crippen LogP contribution in [0.25, 0.3) is 0 Å². The molecule has 2 rings (SSSR count). The number of carbonyl (C=O) groups excluding carboxylic acids is 2. The summed E-state index contributed by atoms with van der Waals surface area (Å²) in [6.45, 7) is 8.16. The smallest absolute Gasteiger partial charge is 0.313 e. The normalized spacial score (nSPS) is 12.4. The minimum absolute atomic E-state index is 0.0843. The second-order valence-electron chi connectivity index (χ2n) is 7.44. The monoisotopic (exact) mass is 408 g/mol. The maximum atomic E-state index is 12.4. The summed E-state index contributed by atoms with van der Waals surface area (Å²) >= 11 is 12.0. The van der Waals surface area contributed by atoms with Gasteiger partial charge in [0.15, 0.2) is 0 Å². The molecule has 1 heterocycles. The van der Waals surface area contributed by atoms with E-state index >= 15 is 0 Å². The van der Waals surface area contributed by atoms with E-state index in [4.69, 9.17) is 27.9 Å². The average molecular weight is 409 g/mol. The number of hydrogen-bond donors (Lipinski definition) is 1. The number of ether oxygens (including phenoxy) is 1. The fourth-order valence-corrected chi connectivity index (χ4v) is 2.76. The van der Waals surface area contributed by atoms with Gasteiger partial charge in [0, 0.05) is 18.1 Å². The van der Waals surface area contributed by atoms with Crippen molar-refractivity contribution in [2.24, 2.45) is 5.41 Å². The molecule has 2 aromatic rings. The number of aromatic nitrogens is 1. The van der Waals surface area contributed by atoms with Gasteiger partial charge in [0.1, 0.15) is 0 Å². The lowest BCUT2D eigenvalue weighted by atomic mass is 9.98. The highest BCUT2D eigenvalue weighted by molar-refractivity contribution is 6.40. The number of esters is 1. The molecule has 1 aromatic heterocycles. The van der Waals surface area contributed by atoms with Crippen LogP contribution in [0.4, 0.5) is 5.69 Å². The third-order valence-electron chi connectivity index (χ3n) is 3.75. The van der Waals surface area contributed by atoms with E-state index in [1.54, 1.807) is 31.2 Å². The summed E-state index contributed by atoms with van der Waals surface area (Å²) in [5.74, 6) is -1.11. The van der Waals surface area contributed by atoms with E-state index in [2.05, 4.69) is 10.3 Å². The molecule has 27 heavy (non-hydrogen) atoms. The molecule has 1 amide bonds. The highest BCUT2D eigenvalue weighted by atomic mass is 35.5. The molecular weight excluding hydrogens is 387 g/mol. The minimum atomic E-state index is -0.433. The van der Waals surface area contributed by atoms with Crippen molar-refractivity contribution < 1.29 is 14.3 Å². The number of anilines is 1. The lowest BCUT2D eigenvalue weighted by Crippen LogP contribution is -2.21. The Labute approximate surface area is 169 Å². The van der Waals surface area contributed by atoms with Gasteiger partial charge in [-0.2, -0.15) is 0 Å². The molecule has 1 unspecified atom stereocenters. The zero-order valence-corrected chi connectivity index (χ0v) is 17.2. The second-order valence-corrected chi connectivity index (χ2v) is 8.26. The molecule has 144 valence electrons. The van der Waals surface area contributed by atoms with Gasteiger partial charge >= 0.3 is 5.97 Å². The van der Waals surface area contributed by atoms with Crippen molar-refractivity contribution in [1.29, 1.82) is 0 Å². The van der Waals surface area contributed by atoms with Crippen LogP contribution in [0.15, 0.2) is 36.7 Å². The number of amides is 1. The van der Waals surface area contributed by atoms with Crippen LogP contribution in [0.5, 0.6) is 0 Å². The van der Waals surface area contributed by atoms with Crippen molar-refractivity contribution >= 4 is 40.8 Å². The molecule has 5 nitrogen and oxygen atoms in total. The van der Waals surface area contributed by atoms with Gasteiger partial charge in [0.05, 0.1) is 28.1 Å². The average Bonchev–Trinajstić information content (AvgIpc) is 2.59. The zero-order chi connectivity index (χ0) is 20.2. The number of nitrogens with one attached hydrogen (secondary N) is 1. The molecule has 1 N–H and O–H groups in total. The number of halogens is 2. The number of carbonyl (C=O) groups is 2.